The molecule has 1 heterocycles. The molecule has 1 saturated heterocycles. The van der Waals surface area contributed by atoms with E-state index >= 15 is 0 Å². The molecule has 3 nitrogen and oxygen atoms in total. The fraction of sp³-hybridized carbons (Fsp3) is 0.333. The minimum atomic E-state index is -1.02. The fourth-order valence-electron chi connectivity index (χ4n) is 4.72. The van der Waals surface area contributed by atoms with Crippen molar-refractivity contribution in [2.75, 3.05) is 7.11 Å². The van der Waals surface area contributed by atoms with Crippen molar-refractivity contribution >= 4 is 0 Å². The lowest BCUT2D eigenvalue weighted by Gasteiger charge is -2.48. The first-order chi connectivity index (χ1) is 14.4. The van der Waals surface area contributed by atoms with E-state index < -0.39 is 5.60 Å². The van der Waals surface area contributed by atoms with Crippen LogP contribution in [0.4, 0.5) is 0 Å². The maximum atomic E-state index is 12.2. The minimum Gasteiger partial charge on any atom is -0.496 e. The van der Waals surface area contributed by atoms with Crippen LogP contribution in [-0.4, -0.2) is 12.2 Å². The average molecular weight is 402 g/mol. The number of para-hydroxylation sites is 1. The molecule has 0 aliphatic carbocycles. The van der Waals surface area contributed by atoms with Gasteiger partial charge in [0.05, 0.1) is 12.7 Å². The third-order valence-electron chi connectivity index (χ3n) is 6.64. The van der Waals surface area contributed by atoms with E-state index in [1.807, 2.05) is 24.3 Å². The first-order valence-electron chi connectivity index (χ1n) is 10.7. The Bertz CT molecular complexity index is 996. The van der Waals surface area contributed by atoms with Crippen LogP contribution in [0.5, 0.6) is 5.75 Å². The molecule has 4 rings (SSSR count). The van der Waals surface area contributed by atoms with Crippen molar-refractivity contribution in [1.82, 2.24) is 5.32 Å². The van der Waals surface area contributed by atoms with Crippen LogP contribution in [0, 0.1) is 19.8 Å². The summed E-state index contributed by atoms with van der Waals surface area (Å²) in [5.74, 6) is 0.692. The highest BCUT2D eigenvalue weighted by molar-refractivity contribution is 5.41. The Morgan fingerprint density at radius 2 is 1.43 bits per heavy atom. The molecule has 3 heteroatoms. The zero-order chi connectivity index (χ0) is 21.3. The molecule has 0 unspecified atom stereocenters. The average Bonchev–Trinajstić information content (AvgIpc) is 2.77. The fourth-order valence-corrected chi connectivity index (χ4v) is 4.72. The molecule has 1 aliphatic rings. The molecule has 0 aromatic heterocycles. The second-order valence-corrected chi connectivity index (χ2v) is 8.64. The van der Waals surface area contributed by atoms with Crippen molar-refractivity contribution in [2.45, 2.75) is 44.9 Å². The number of aryl methyl sites for hydroxylation is 2. The number of benzene rings is 3. The van der Waals surface area contributed by atoms with E-state index in [1.165, 1.54) is 22.3 Å². The largest absolute Gasteiger partial charge is 0.496 e. The van der Waals surface area contributed by atoms with Gasteiger partial charge >= 0.3 is 0 Å². The standard InChI is InChI=1S/C27H31NO2/c1-18-9-13-21(14-10-18)24-17-27(29,23-7-5-6-8-25(23)30-4)20(3)26(28-24)22-15-11-19(2)12-16-22/h5-16,20,24,26,28-29H,17H2,1-4H3/t20-,24+,26-,27+/m1/s1. The Balaban J connectivity index is 1.81. The van der Waals surface area contributed by atoms with Crippen molar-refractivity contribution in [3.63, 3.8) is 0 Å². The molecule has 3 aromatic rings. The molecule has 1 fully saturated rings. The maximum absolute atomic E-state index is 12.2. The van der Waals surface area contributed by atoms with Crippen LogP contribution in [0.25, 0.3) is 0 Å². The quantitative estimate of drug-likeness (QED) is 0.597. The van der Waals surface area contributed by atoms with E-state index in [4.69, 9.17) is 4.74 Å². The van der Waals surface area contributed by atoms with Crippen LogP contribution in [0.2, 0.25) is 0 Å². The van der Waals surface area contributed by atoms with Gasteiger partial charge in [-0.2, -0.15) is 0 Å². The van der Waals surface area contributed by atoms with Gasteiger partial charge in [0.1, 0.15) is 5.75 Å². The number of aliphatic hydroxyl groups is 1. The van der Waals surface area contributed by atoms with Crippen molar-refractivity contribution in [3.8, 4) is 5.75 Å². The molecule has 0 saturated carbocycles. The number of nitrogens with one attached hydrogen (secondary N) is 1. The van der Waals surface area contributed by atoms with Gasteiger partial charge in [-0.3, -0.25) is 0 Å². The molecule has 3 aromatic carbocycles. The van der Waals surface area contributed by atoms with Gasteiger partial charge in [0, 0.05) is 30.0 Å². The highest BCUT2D eigenvalue weighted by atomic mass is 16.5. The maximum Gasteiger partial charge on any atom is 0.124 e. The van der Waals surface area contributed by atoms with Gasteiger partial charge in [-0.05, 0) is 31.0 Å². The van der Waals surface area contributed by atoms with E-state index in [0.717, 1.165) is 11.3 Å². The topological polar surface area (TPSA) is 41.5 Å². The molecule has 2 N–H and O–H groups in total. The smallest absolute Gasteiger partial charge is 0.124 e. The van der Waals surface area contributed by atoms with Gasteiger partial charge in [-0.15, -0.1) is 0 Å². The van der Waals surface area contributed by atoms with Gasteiger partial charge in [-0.1, -0.05) is 84.8 Å². The Hall–Kier alpha value is -2.62. The van der Waals surface area contributed by atoms with E-state index in [1.54, 1.807) is 7.11 Å². The van der Waals surface area contributed by atoms with Gasteiger partial charge in [-0.25, -0.2) is 0 Å². The zero-order valence-electron chi connectivity index (χ0n) is 18.2. The Kier molecular flexibility index (Phi) is 5.68. The van der Waals surface area contributed by atoms with Crippen LogP contribution in [0.3, 0.4) is 0 Å². The predicted molar refractivity (Wildman–Crippen MR) is 122 cm³/mol. The van der Waals surface area contributed by atoms with Crippen LogP contribution in [-0.2, 0) is 5.60 Å². The van der Waals surface area contributed by atoms with Gasteiger partial charge in [0.25, 0.3) is 0 Å². The molecule has 30 heavy (non-hydrogen) atoms. The molecule has 0 amide bonds. The predicted octanol–water partition coefficient (Wildman–Crippen LogP) is 5.61. The number of piperidine rings is 1. The number of hydrogen-bond acceptors (Lipinski definition) is 3. The van der Waals surface area contributed by atoms with Gasteiger partial charge in [0.2, 0.25) is 0 Å². The van der Waals surface area contributed by atoms with Crippen LogP contribution in [0.15, 0.2) is 72.8 Å². The third-order valence-corrected chi connectivity index (χ3v) is 6.64. The van der Waals surface area contributed by atoms with Crippen LogP contribution < -0.4 is 10.1 Å². The first-order valence-corrected chi connectivity index (χ1v) is 10.7. The molecule has 0 spiro atoms. The second kappa shape index (κ2) is 8.25. The molecular weight excluding hydrogens is 370 g/mol. The highest BCUT2D eigenvalue weighted by Gasteiger charge is 2.48. The molecule has 0 bridgehead atoms. The molecule has 4 atom stereocenters. The summed E-state index contributed by atoms with van der Waals surface area (Å²) in [6, 6.07) is 25.1. The lowest BCUT2D eigenvalue weighted by atomic mass is 9.68. The first kappa shape index (κ1) is 20.6. The highest BCUT2D eigenvalue weighted by Crippen LogP contribution is 2.50. The van der Waals surface area contributed by atoms with E-state index in [2.05, 4.69) is 74.6 Å². The molecule has 1 aliphatic heterocycles. The lowest BCUT2D eigenvalue weighted by Crippen LogP contribution is -2.50. The summed E-state index contributed by atoms with van der Waals surface area (Å²) in [4.78, 5) is 0. The Morgan fingerprint density at radius 1 is 0.867 bits per heavy atom. The number of methoxy groups -OCH3 is 1. The van der Waals surface area contributed by atoms with Crippen molar-refractivity contribution in [2.24, 2.45) is 5.92 Å². The van der Waals surface area contributed by atoms with Crippen molar-refractivity contribution < 1.29 is 9.84 Å². The van der Waals surface area contributed by atoms with E-state index in [0.29, 0.717) is 6.42 Å². The number of ether oxygens (including phenoxy) is 1. The summed E-state index contributed by atoms with van der Waals surface area (Å²) >= 11 is 0. The molecular formula is C27H31NO2. The summed E-state index contributed by atoms with van der Waals surface area (Å²) in [5, 5.41) is 16.0. The third kappa shape index (κ3) is 3.76. The summed E-state index contributed by atoms with van der Waals surface area (Å²) in [6.45, 7) is 6.33. The Morgan fingerprint density at radius 3 is 2.03 bits per heavy atom. The monoisotopic (exact) mass is 401 g/mol. The van der Waals surface area contributed by atoms with Crippen LogP contribution >= 0.6 is 0 Å². The van der Waals surface area contributed by atoms with Gasteiger partial charge in [0.15, 0.2) is 0 Å². The van der Waals surface area contributed by atoms with Crippen molar-refractivity contribution in [3.05, 3.63) is 101 Å². The van der Waals surface area contributed by atoms with Crippen LogP contribution in [0.1, 0.15) is 53.2 Å². The van der Waals surface area contributed by atoms with E-state index in [9.17, 15) is 5.11 Å². The Labute approximate surface area is 179 Å². The molecule has 0 radical (unpaired) electrons. The summed E-state index contributed by atoms with van der Waals surface area (Å²) in [5.41, 5.74) is 4.69. The molecule has 156 valence electrons. The SMILES string of the molecule is COc1ccccc1[C@]1(O)C[C@@H](c2ccc(C)cc2)N[C@@H](c2ccc(C)cc2)[C@H]1C. The number of rotatable bonds is 4. The zero-order valence-corrected chi connectivity index (χ0v) is 18.2. The summed E-state index contributed by atoms with van der Waals surface area (Å²) in [6.07, 6.45) is 0.583. The van der Waals surface area contributed by atoms with E-state index in [-0.39, 0.29) is 18.0 Å². The number of hydrogen-bond donors (Lipinski definition) is 2. The van der Waals surface area contributed by atoms with Gasteiger partial charge < -0.3 is 15.2 Å². The van der Waals surface area contributed by atoms with Crippen molar-refractivity contribution in [1.29, 1.82) is 0 Å². The minimum absolute atomic E-state index is 0.0144. The normalized spacial score (nSPS) is 26.4. The summed E-state index contributed by atoms with van der Waals surface area (Å²) < 4.78 is 5.65. The lowest BCUT2D eigenvalue weighted by molar-refractivity contribution is -0.0755. The summed E-state index contributed by atoms with van der Waals surface area (Å²) in [7, 11) is 1.67. The second-order valence-electron chi connectivity index (χ2n) is 8.64.